The summed E-state index contributed by atoms with van der Waals surface area (Å²) in [7, 11) is 0. The number of thioether (sulfide) groups is 1. The summed E-state index contributed by atoms with van der Waals surface area (Å²) in [4.78, 5) is 33.6. The maximum Gasteiger partial charge on any atom is 0.326 e. The van der Waals surface area contributed by atoms with Crippen LogP contribution in [0.5, 0.6) is 0 Å². The second-order valence-electron chi connectivity index (χ2n) is 7.25. The standard InChI is InChI=1S/C23H24N4O3S/c1-2-31-14-12-18(23(29)30)24-20(28)11-13-27-19-10-6-3-7-15(19)21-22(27)26-17-9-5-4-8-16(17)25-21/h3-10,18H,2,11-14H2,1H3,(H,24,28)(H,29,30). The highest BCUT2D eigenvalue weighted by molar-refractivity contribution is 7.99. The van der Waals surface area contributed by atoms with Gasteiger partial charge in [-0.2, -0.15) is 11.8 Å². The van der Waals surface area contributed by atoms with E-state index >= 15 is 0 Å². The molecule has 8 heteroatoms. The second-order valence-corrected chi connectivity index (χ2v) is 8.64. The van der Waals surface area contributed by atoms with Crippen LogP contribution < -0.4 is 5.32 Å². The summed E-state index contributed by atoms with van der Waals surface area (Å²) in [5, 5.41) is 13.1. The van der Waals surface area contributed by atoms with Gasteiger partial charge < -0.3 is 15.0 Å². The molecular formula is C23H24N4O3S. The Morgan fingerprint density at radius 2 is 1.81 bits per heavy atom. The Morgan fingerprint density at radius 3 is 2.55 bits per heavy atom. The Bertz CT molecular complexity index is 1250. The number of carboxylic acids is 1. The Morgan fingerprint density at radius 1 is 1.10 bits per heavy atom. The topological polar surface area (TPSA) is 97.1 Å². The first-order valence-electron chi connectivity index (χ1n) is 10.3. The van der Waals surface area contributed by atoms with Crippen molar-refractivity contribution in [3.8, 4) is 0 Å². The highest BCUT2D eigenvalue weighted by atomic mass is 32.2. The van der Waals surface area contributed by atoms with Gasteiger partial charge in [0.2, 0.25) is 5.91 Å². The average Bonchev–Trinajstić information content (AvgIpc) is 3.08. The van der Waals surface area contributed by atoms with Gasteiger partial charge >= 0.3 is 5.97 Å². The molecule has 2 N–H and O–H groups in total. The van der Waals surface area contributed by atoms with Crippen LogP contribution in [-0.4, -0.2) is 49.1 Å². The van der Waals surface area contributed by atoms with Crippen molar-refractivity contribution in [1.82, 2.24) is 19.9 Å². The van der Waals surface area contributed by atoms with Crippen molar-refractivity contribution in [2.24, 2.45) is 0 Å². The lowest BCUT2D eigenvalue weighted by molar-refractivity contribution is -0.141. The molecule has 4 aromatic rings. The molecule has 0 bridgehead atoms. The molecule has 1 unspecified atom stereocenters. The minimum absolute atomic E-state index is 0.160. The van der Waals surface area contributed by atoms with E-state index in [1.165, 1.54) is 0 Å². The smallest absolute Gasteiger partial charge is 0.326 e. The third kappa shape index (κ3) is 4.49. The minimum Gasteiger partial charge on any atom is -0.480 e. The van der Waals surface area contributed by atoms with Crippen LogP contribution in [0.4, 0.5) is 0 Å². The van der Waals surface area contributed by atoms with Crippen LogP contribution >= 0.6 is 11.8 Å². The van der Waals surface area contributed by atoms with Crippen molar-refractivity contribution < 1.29 is 14.7 Å². The fourth-order valence-electron chi connectivity index (χ4n) is 3.69. The van der Waals surface area contributed by atoms with Crippen molar-refractivity contribution in [2.75, 3.05) is 11.5 Å². The van der Waals surface area contributed by atoms with Gasteiger partial charge in [-0.25, -0.2) is 14.8 Å². The van der Waals surface area contributed by atoms with E-state index < -0.39 is 12.0 Å². The summed E-state index contributed by atoms with van der Waals surface area (Å²) in [6, 6.07) is 14.7. The van der Waals surface area contributed by atoms with Crippen LogP contribution in [0.3, 0.4) is 0 Å². The van der Waals surface area contributed by atoms with Crippen LogP contribution in [0.1, 0.15) is 19.8 Å². The molecule has 0 aliphatic rings. The Labute approximate surface area is 183 Å². The van der Waals surface area contributed by atoms with Crippen LogP contribution in [0, 0.1) is 0 Å². The molecule has 0 fully saturated rings. The largest absolute Gasteiger partial charge is 0.480 e. The summed E-state index contributed by atoms with van der Waals surface area (Å²) < 4.78 is 1.99. The lowest BCUT2D eigenvalue weighted by Crippen LogP contribution is -2.41. The van der Waals surface area contributed by atoms with Crippen LogP contribution in [0.25, 0.3) is 33.1 Å². The van der Waals surface area contributed by atoms with E-state index in [0.717, 1.165) is 38.9 Å². The van der Waals surface area contributed by atoms with Gasteiger partial charge in [-0.3, -0.25) is 4.79 Å². The van der Waals surface area contributed by atoms with E-state index in [9.17, 15) is 14.7 Å². The SMILES string of the molecule is CCSCCC(NC(=O)CCn1c2ccccc2c2nc3ccccc3nc21)C(=O)O. The maximum absolute atomic E-state index is 12.5. The molecule has 0 radical (unpaired) electrons. The molecular weight excluding hydrogens is 412 g/mol. The predicted octanol–water partition coefficient (Wildman–Crippen LogP) is 3.84. The average molecular weight is 437 g/mol. The molecule has 0 spiro atoms. The number of carbonyl (C=O) groups is 2. The number of fused-ring (bicyclic) bond motifs is 4. The number of aliphatic carboxylic acids is 1. The lowest BCUT2D eigenvalue weighted by Gasteiger charge is -2.14. The van der Waals surface area contributed by atoms with E-state index in [4.69, 9.17) is 9.97 Å². The van der Waals surface area contributed by atoms with E-state index in [2.05, 4.69) is 5.32 Å². The molecule has 2 aromatic heterocycles. The highest BCUT2D eigenvalue weighted by Gasteiger charge is 2.20. The number of carbonyl (C=O) groups excluding carboxylic acids is 1. The number of rotatable bonds is 9. The quantitative estimate of drug-likeness (QED) is 0.387. The molecule has 0 aliphatic carbocycles. The number of benzene rings is 2. The molecule has 7 nitrogen and oxygen atoms in total. The lowest BCUT2D eigenvalue weighted by atomic mass is 10.2. The van der Waals surface area contributed by atoms with Crippen LogP contribution in [0.15, 0.2) is 48.5 Å². The van der Waals surface area contributed by atoms with Gasteiger partial charge in [0.15, 0.2) is 5.65 Å². The Hall–Kier alpha value is -3.13. The van der Waals surface area contributed by atoms with Crippen molar-refractivity contribution in [3.63, 3.8) is 0 Å². The summed E-state index contributed by atoms with van der Waals surface area (Å²) in [5.41, 5.74) is 4.10. The minimum atomic E-state index is -1.00. The van der Waals surface area contributed by atoms with Gasteiger partial charge in [0, 0.05) is 18.4 Å². The van der Waals surface area contributed by atoms with Gasteiger partial charge in [0.1, 0.15) is 11.6 Å². The second kappa shape index (κ2) is 9.34. The number of carboxylic acid groups (broad SMARTS) is 1. The Balaban J connectivity index is 1.59. The monoisotopic (exact) mass is 436 g/mol. The number of nitrogens with zero attached hydrogens (tertiary/aromatic N) is 3. The zero-order valence-corrected chi connectivity index (χ0v) is 18.1. The molecule has 0 saturated heterocycles. The van der Waals surface area contributed by atoms with Crippen LogP contribution in [0.2, 0.25) is 0 Å². The van der Waals surface area contributed by atoms with Gasteiger partial charge in [-0.05, 0) is 36.1 Å². The molecule has 2 heterocycles. The third-order valence-corrected chi connectivity index (χ3v) is 6.14. The number of aromatic nitrogens is 3. The maximum atomic E-state index is 12.5. The summed E-state index contributed by atoms with van der Waals surface area (Å²) in [5.74, 6) is 0.334. The van der Waals surface area contributed by atoms with E-state index in [0.29, 0.717) is 18.7 Å². The molecule has 4 rings (SSSR count). The molecule has 31 heavy (non-hydrogen) atoms. The van der Waals surface area contributed by atoms with E-state index in [1.54, 1.807) is 11.8 Å². The van der Waals surface area contributed by atoms with Gasteiger partial charge in [0.25, 0.3) is 0 Å². The van der Waals surface area contributed by atoms with Crippen LogP contribution in [-0.2, 0) is 16.1 Å². The van der Waals surface area contributed by atoms with Crippen molar-refractivity contribution in [3.05, 3.63) is 48.5 Å². The van der Waals surface area contributed by atoms with Gasteiger partial charge in [-0.1, -0.05) is 37.3 Å². The molecule has 2 aromatic carbocycles. The third-order valence-electron chi connectivity index (χ3n) is 5.21. The first-order chi connectivity index (χ1) is 15.1. The van der Waals surface area contributed by atoms with Crippen molar-refractivity contribution >= 4 is 56.7 Å². The zero-order valence-electron chi connectivity index (χ0n) is 17.2. The molecule has 1 atom stereocenters. The van der Waals surface area contributed by atoms with Gasteiger partial charge in [0.05, 0.1) is 16.6 Å². The van der Waals surface area contributed by atoms with Gasteiger partial charge in [-0.15, -0.1) is 0 Å². The number of hydrogen-bond acceptors (Lipinski definition) is 5. The number of hydrogen-bond donors (Lipinski definition) is 2. The molecule has 160 valence electrons. The number of nitrogens with one attached hydrogen (secondary N) is 1. The summed E-state index contributed by atoms with van der Waals surface area (Å²) >= 11 is 1.66. The zero-order chi connectivity index (χ0) is 21.8. The first-order valence-corrected chi connectivity index (χ1v) is 11.5. The van der Waals surface area contributed by atoms with E-state index in [-0.39, 0.29) is 12.3 Å². The molecule has 1 amide bonds. The number of para-hydroxylation sites is 3. The van der Waals surface area contributed by atoms with Crippen molar-refractivity contribution in [1.29, 1.82) is 0 Å². The highest BCUT2D eigenvalue weighted by Crippen LogP contribution is 2.28. The fraction of sp³-hybridized carbons (Fsp3) is 0.304. The summed E-state index contributed by atoms with van der Waals surface area (Å²) in [6.07, 6.45) is 0.569. The van der Waals surface area contributed by atoms with Crippen molar-refractivity contribution in [2.45, 2.75) is 32.4 Å². The van der Waals surface area contributed by atoms with E-state index in [1.807, 2.05) is 60.0 Å². The fourth-order valence-corrected chi connectivity index (χ4v) is 4.38. The Kier molecular flexibility index (Phi) is 6.36. The number of aryl methyl sites for hydroxylation is 1. The first kappa shape index (κ1) is 21.1. The normalized spacial score (nSPS) is 12.4. The molecule has 0 saturated carbocycles. The summed E-state index contributed by atoms with van der Waals surface area (Å²) in [6.45, 7) is 2.41. The predicted molar refractivity (Wildman–Crippen MR) is 124 cm³/mol. The molecule has 0 aliphatic heterocycles. The number of amides is 1.